The number of rotatable bonds is 5. The predicted molar refractivity (Wildman–Crippen MR) is 109 cm³/mol. The van der Waals surface area contributed by atoms with Crippen LogP contribution in [0.4, 0.5) is 19.6 Å². The van der Waals surface area contributed by atoms with Gasteiger partial charge in [0.15, 0.2) is 0 Å². The first-order valence-electron chi connectivity index (χ1n) is 9.20. The Morgan fingerprint density at radius 1 is 1.17 bits per heavy atom. The molecule has 1 aliphatic rings. The van der Waals surface area contributed by atoms with E-state index in [0.29, 0.717) is 15.7 Å². The Morgan fingerprint density at radius 3 is 2.45 bits per heavy atom. The minimum absolute atomic E-state index is 0.126. The second kappa shape index (κ2) is 6.90. The lowest BCUT2D eigenvalue weighted by atomic mass is 9.96. The van der Waals surface area contributed by atoms with Gasteiger partial charge in [0, 0.05) is 4.88 Å². The Labute approximate surface area is 171 Å². The molecule has 4 rings (SSSR count). The van der Waals surface area contributed by atoms with Gasteiger partial charge >= 0.3 is 0 Å². The van der Waals surface area contributed by atoms with Crippen molar-refractivity contribution in [1.29, 1.82) is 5.26 Å². The van der Waals surface area contributed by atoms with E-state index in [0.717, 1.165) is 30.7 Å². The molecule has 4 nitrogen and oxygen atoms in total. The molecule has 7 heteroatoms. The Hall–Kier alpha value is -2.82. The summed E-state index contributed by atoms with van der Waals surface area (Å²) >= 11 is 1.20. The van der Waals surface area contributed by atoms with Crippen molar-refractivity contribution in [2.45, 2.75) is 37.7 Å². The van der Waals surface area contributed by atoms with Crippen molar-refractivity contribution in [3.63, 3.8) is 0 Å². The lowest BCUT2D eigenvalue weighted by molar-refractivity contribution is 0.0779. The maximum atomic E-state index is 14.6. The average Bonchev–Trinajstić information content (AvgIpc) is 3.34. The number of hydrogen-bond donors (Lipinski definition) is 2. The number of anilines is 2. The van der Waals surface area contributed by atoms with Crippen molar-refractivity contribution in [2.24, 2.45) is 0 Å². The second-order valence-corrected chi connectivity index (χ2v) is 8.85. The molecule has 1 fully saturated rings. The van der Waals surface area contributed by atoms with E-state index in [1.807, 2.05) is 12.1 Å². The molecule has 2 heterocycles. The second-order valence-electron chi connectivity index (χ2n) is 7.76. The minimum Gasteiger partial charge on any atom is -0.386 e. The summed E-state index contributed by atoms with van der Waals surface area (Å²) in [7, 11) is 0. The fourth-order valence-electron chi connectivity index (χ4n) is 3.15. The third-order valence-corrected chi connectivity index (χ3v) is 6.07. The van der Waals surface area contributed by atoms with Crippen LogP contribution in [0.15, 0.2) is 42.5 Å². The number of thiophene rings is 1. The molecule has 0 amide bonds. The summed E-state index contributed by atoms with van der Waals surface area (Å²) in [5.41, 5.74) is -1.02. The highest BCUT2D eigenvalue weighted by molar-refractivity contribution is 7.19. The molecule has 0 spiro atoms. The van der Waals surface area contributed by atoms with Crippen LogP contribution < -0.4 is 5.32 Å². The van der Waals surface area contributed by atoms with E-state index in [-0.39, 0.29) is 11.1 Å². The molecular weight excluding hydrogens is 392 g/mol. The Bertz CT molecular complexity index is 1100. The standard InChI is InChI=1S/C22H19F2N3OS/c1-21(2,28)13-10-14(23)20(15(24)11-13)16-6-7-19(29-16)27-18-5-3-4-17(26-18)22(12-25)8-9-22/h3-7,10-11,28H,8-9H2,1-2H3,(H,26,27). The Balaban J connectivity index is 1.60. The number of halogens is 2. The summed E-state index contributed by atoms with van der Waals surface area (Å²) in [4.78, 5) is 4.95. The van der Waals surface area contributed by atoms with Crippen LogP contribution in [0.2, 0.25) is 0 Å². The van der Waals surface area contributed by atoms with Crippen LogP contribution >= 0.6 is 11.3 Å². The maximum absolute atomic E-state index is 14.6. The van der Waals surface area contributed by atoms with Crippen molar-refractivity contribution >= 4 is 22.2 Å². The van der Waals surface area contributed by atoms with E-state index in [2.05, 4.69) is 16.4 Å². The molecule has 1 aliphatic carbocycles. The summed E-state index contributed by atoms with van der Waals surface area (Å²) in [6, 6.07) is 13.5. The third kappa shape index (κ3) is 3.74. The van der Waals surface area contributed by atoms with Gasteiger partial charge in [-0.1, -0.05) is 6.07 Å². The number of aromatic nitrogens is 1. The van der Waals surface area contributed by atoms with Gasteiger partial charge in [0.05, 0.1) is 33.3 Å². The van der Waals surface area contributed by atoms with Crippen molar-refractivity contribution in [1.82, 2.24) is 4.98 Å². The van der Waals surface area contributed by atoms with Crippen LogP contribution in [-0.2, 0) is 11.0 Å². The molecule has 2 aromatic heterocycles. The summed E-state index contributed by atoms with van der Waals surface area (Å²) in [5.74, 6) is -0.864. The molecule has 2 N–H and O–H groups in total. The van der Waals surface area contributed by atoms with Crippen molar-refractivity contribution < 1.29 is 13.9 Å². The molecule has 3 aromatic rings. The van der Waals surface area contributed by atoms with Gasteiger partial charge in [0.2, 0.25) is 0 Å². The van der Waals surface area contributed by atoms with E-state index >= 15 is 0 Å². The summed E-state index contributed by atoms with van der Waals surface area (Å²) in [6.07, 6.45) is 1.62. The third-order valence-electron chi connectivity index (χ3n) is 5.06. The number of hydrogen-bond acceptors (Lipinski definition) is 5. The van der Waals surface area contributed by atoms with E-state index in [4.69, 9.17) is 0 Å². The summed E-state index contributed by atoms with van der Waals surface area (Å²) < 4.78 is 29.2. The molecule has 0 unspecified atom stereocenters. The predicted octanol–water partition coefficient (Wildman–Crippen LogP) is 5.61. The van der Waals surface area contributed by atoms with Gasteiger partial charge in [0.25, 0.3) is 0 Å². The van der Waals surface area contributed by atoms with Crippen molar-refractivity contribution in [3.05, 3.63) is 65.4 Å². The van der Waals surface area contributed by atoms with Crippen molar-refractivity contribution in [3.8, 4) is 16.5 Å². The number of nitrogens with zero attached hydrogens (tertiary/aromatic N) is 2. The molecule has 1 aromatic carbocycles. The highest BCUT2D eigenvalue weighted by atomic mass is 32.1. The van der Waals surface area contributed by atoms with Crippen LogP contribution in [0.5, 0.6) is 0 Å². The lowest BCUT2D eigenvalue weighted by Crippen LogP contribution is -2.16. The Kier molecular flexibility index (Phi) is 4.64. The van der Waals surface area contributed by atoms with Crippen LogP contribution in [0, 0.1) is 23.0 Å². The zero-order chi connectivity index (χ0) is 20.8. The maximum Gasteiger partial charge on any atom is 0.135 e. The monoisotopic (exact) mass is 411 g/mol. The quantitative estimate of drug-likeness (QED) is 0.572. The summed E-state index contributed by atoms with van der Waals surface area (Å²) in [6.45, 7) is 2.96. The number of benzene rings is 1. The molecule has 0 aliphatic heterocycles. The normalized spacial score (nSPS) is 15.0. The first-order valence-corrected chi connectivity index (χ1v) is 10.0. The molecule has 0 atom stereocenters. The lowest BCUT2D eigenvalue weighted by Gasteiger charge is -2.18. The van der Waals surface area contributed by atoms with Crippen LogP contribution in [0.1, 0.15) is 37.9 Å². The molecule has 148 valence electrons. The van der Waals surface area contributed by atoms with Crippen LogP contribution in [0.3, 0.4) is 0 Å². The average molecular weight is 411 g/mol. The van der Waals surface area contributed by atoms with E-state index in [1.165, 1.54) is 25.2 Å². The molecule has 0 bridgehead atoms. The highest BCUT2D eigenvalue weighted by Gasteiger charge is 2.46. The first kappa shape index (κ1) is 19.5. The highest BCUT2D eigenvalue weighted by Crippen LogP contribution is 2.47. The molecule has 0 saturated heterocycles. The van der Waals surface area contributed by atoms with Gasteiger partial charge < -0.3 is 10.4 Å². The number of pyridine rings is 1. The van der Waals surface area contributed by atoms with Gasteiger partial charge in [-0.3, -0.25) is 0 Å². The van der Waals surface area contributed by atoms with Crippen LogP contribution in [0.25, 0.3) is 10.4 Å². The van der Waals surface area contributed by atoms with E-state index in [1.54, 1.807) is 18.2 Å². The van der Waals surface area contributed by atoms with Crippen molar-refractivity contribution in [2.75, 3.05) is 5.32 Å². The fraction of sp³-hybridized carbons (Fsp3) is 0.273. The van der Waals surface area contributed by atoms with E-state index < -0.39 is 22.7 Å². The van der Waals surface area contributed by atoms with Gasteiger partial charge in [-0.2, -0.15) is 5.26 Å². The zero-order valence-corrected chi connectivity index (χ0v) is 16.8. The number of nitriles is 1. The van der Waals surface area contributed by atoms with Gasteiger partial charge in [0.1, 0.15) is 17.5 Å². The molecule has 0 radical (unpaired) electrons. The number of nitrogens with one attached hydrogen (secondary N) is 1. The van der Waals surface area contributed by atoms with E-state index in [9.17, 15) is 19.1 Å². The molecule has 1 saturated carbocycles. The van der Waals surface area contributed by atoms with Gasteiger partial charge in [-0.05, 0) is 68.7 Å². The number of aliphatic hydroxyl groups is 1. The first-order chi connectivity index (χ1) is 13.7. The fourth-order valence-corrected chi connectivity index (χ4v) is 4.11. The molecule has 29 heavy (non-hydrogen) atoms. The Morgan fingerprint density at radius 2 is 1.86 bits per heavy atom. The largest absolute Gasteiger partial charge is 0.386 e. The smallest absolute Gasteiger partial charge is 0.135 e. The molecular formula is C22H19F2N3OS. The summed E-state index contributed by atoms with van der Waals surface area (Å²) in [5, 5.41) is 23.2. The van der Waals surface area contributed by atoms with Gasteiger partial charge in [-0.25, -0.2) is 13.8 Å². The van der Waals surface area contributed by atoms with Crippen LogP contribution in [-0.4, -0.2) is 10.1 Å². The topological polar surface area (TPSA) is 68.9 Å². The zero-order valence-electron chi connectivity index (χ0n) is 16.0. The SMILES string of the molecule is CC(C)(O)c1cc(F)c(-c2ccc(Nc3cccc(C4(C#N)CC4)n3)s2)c(F)c1. The van der Waals surface area contributed by atoms with Gasteiger partial charge in [-0.15, -0.1) is 11.3 Å². The minimum atomic E-state index is -1.33.